The zero-order valence-electron chi connectivity index (χ0n) is 16.7. The summed E-state index contributed by atoms with van der Waals surface area (Å²) in [5, 5.41) is 3.01. The van der Waals surface area contributed by atoms with Crippen molar-refractivity contribution >= 4 is 46.0 Å². The van der Waals surface area contributed by atoms with Crippen molar-refractivity contribution in [3.8, 4) is 0 Å². The highest BCUT2D eigenvalue weighted by Gasteiger charge is 2.67. The lowest BCUT2D eigenvalue weighted by Crippen LogP contribution is -2.44. The molecule has 0 radical (unpaired) electrons. The predicted molar refractivity (Wildman–Crippen MR) is 120 cm³/mol. The van der Waals surface area contributed by atoms with Gasteiger partial charge in [0.05, 0.1) is 11.8 Å². The average Bonchev–Trinajstić information content (AvgIpc) is 3.53. The molecule has 1 aliphatic heterocycles. The van der Waals surface area contributed by atoms with Crippen LogP contribution in [-0.4, -0.2) is 28.7 Å². The molecule has 7 rings (SSSR count). The molecular weight excluding hydrogens is 491 g/mol. The van der Waals surface area contributed by atoms with Crippen molar-refractivity contribution in [2.45, 2.75) is 38.1 Å². The summed E-state index contributed by atoms with van der Waals surface area (Å²) >= 11 is 2.24. The molecule has 2 bridgehead atoms. The van der Waals surface area contributed by atoms with Gasteiger partial charge < -0.3 is 5.32 Å². The molecule has 6 aliphatic rings. The van der Waals surface area contributed by atoms with Crippen molar-refractivity contribution in [1.82, 2.24) is 4.90 Å². The molecule has 5 aliphatic carbocycles. The van der Waals surface area contributed by atoms with E-state index in [4.69, 9.17) is 0 Å². The maximum Gasteiger partial charge on any atom is 0.233 e. The summed E-state index contributed by atoms with van der Waals surface area (Å²) in [5.41, 5.74) is 0.818. The third kappa shape index (κ3) is 2.82. The summed E-state index contributed by atoms with van der Waals surface area (Å²) in [6.45, 7) is 0. The molecule has 5 nitrogen and oxygen atoms in total. The number of halogens is 1. The number of allylic oxidation sites excluding steroid dienone is 2. The number of benzene rings is 1. The molecule has 1 heterocycles. The molecule has 3 saturated carbocycles. The van der Waals surface area contributed by atoms with Gasteiger partial charge in [-0.1, -0.05) is 12.2 Å². The van der Waals surface area contributed by atoms with E-state index in [1.807, 2.05) is 24.3 Å². The number of anilines is 1. The lowest BCUT2D eigenvalue weighted by atomic mass is 9.63. The topological polar surface area (TPSA) is 66.5 Å². The first kappa shape index (κ1) is 19.0. The Bertz CT molecular complexity index is 914. The fraction of sp³-hybridized carbons (Fsp3) is 0.542. The fourth-order valence-corrected chi connectivity index (χ4v) is 7.07. The van der Waals surface area contributed by atoms with Crippen LogP contribution in [0.3, 0.4) is 0 Å². The van der Waals surface area contributed by atoms with Crippen LogP contribution in [0.4, 0.5) is 5.69 Å². The molecule has 6 atom stereocenters. The normalized spacial score (nSPS) is 40.9. The van der Waals surface area contributed by atoms with E-state index in [9.17, 15) is 14.4 Å². The molecule has 0 aromatic heterocycles. The van der Waals surface area contributed by atoms with E-state index in [1.54, 1.807) is 4.90 Å². The SMILES string of the molecule is O=C(Nc1ccc(I)cc1)C1CCC(N2C(=O)[C@@H]3[C@H]4C=C[C@H]([C@H]5C[C@H]45)[C@@H]3C2=O)CC1. The largest absolute Gasteiger partial charge is 0.326 e. The van der Waals surface area contributed by atoms with Gasteiger partial charge in [-0.15, -0.1) is 0 Å². The van der Waals surface area contributed by atoms with Gasteiger partial charge in [-0.3, -0.25) is 19.3 Å². The number of nitrogens with zero attached hydrogens (tertiary/aromatic N) is 1. The van der Waals surface area contributed by atoms with Crippen molar-refractivity contribution in [3.63, 3.8) is 0 Å². The van der Waals surface area contributed by atoms with E-state index < -0.39 is 0 Å². The van der Waals surface area contributed by atoms with E-state index in [0.29, 0.717) is 11.8 Å². The molecule has 3 amide bonds. The van der Waals surface area contributed by atoms with Crippen LogP contribution in [-0.2, 0) is 14.4 Å². The molecule has 1 N–H and O–H groups in total. The van der Waals surface area contributed by atoms with Gasteiger partial charge in [0.1, 0.15) is 0 Å². The third-order valence-electron chi connectivity index (χ3n) is 8.24. The van der Waals surface area contributed by atoms with Crippen molar-refractivity contribution in [1.29, 1.82) is 0 Å². The Labute approximate surface area is 189 Å². The number of hydrogen-bond acceptors (Lipinski definition) is 3. The number of imide groups is 1. The van der Waals surface area contributed by atoms with E-state index in [-0.39, 0.29) is 53.4 Å². The van der Waals surface area contributed by atoms with Crippen molar-refractivity contribution in [2.24, 2.45) is 41.4 Å². The molecular formula is C24H25IN2O3. The summed E-state index contributed by atoms with van der Waals surface area (Å²) in [7, 11) is 0. The van der Waals surface area contributed by atoms with Gasteiger partial charge in [0, 0.05) is 21.2 Å². The van der Waals surface area contributed by atoms with Crippen LogP contribution in [0.15, 0.2) is 36.4 Å². The minimum Gasteiger partial charge on any atom is -0.326 e. The minimum absolute atomic E-state index is 0.0336. The molecule has 30 heavy (non-hydrogen) atoms. The quantitative estimate of drug-likeness (QED) is 0.377. The average molecular weight is 516 g/mol. The second-order valence-electron chi connectivity index (χ2n) is 9.70. The predicted octanol–water partition coefficient (Wildman–Crippen LogP) is 3.84. The Balaban J connectivity index is 1.11. The van der Waals surface area contributed by atoms with Crippen LogP contribution in [0.5, 0.6) is 0 Å². The molecule has 156 valence electrons. The summed E-state index contributed by atoms with van der Waals surface area (Å²) in [6.07, 6.45) is 8.56. The van der Waals surface area contributed by atoms with Crippen LogP contribution in [0.25, 0.3) is 0 Å². The minimum atomic E-state index is -0.113. The number of amides is 3. The highest BCUT2D eigenvalue weighted by atomic mass is 127. The number of carbonyl (C=O) groups is 3. The van der Waals surface area contributed by atoms with Crippen molar-refractivity contribution in [2.75, 3.05) is 5.32 Å². The van der Waals surface area contributed by atoms with E-state index in [0.717, 1.165) is 34.9 Å². The molecule has 0 spiro atoms. The summed E-state index contributed by atoms with van der Waals surface area (Å²) in [4.78, 5) is 40.9. The number of likely N-dealkylation sites (tertiary alicyclic amines) is 1. The number of hydrogen-bond donors (Lipinski definition) is 1. The molecule has 4 fully saturated rings. The summed E-state index contributed by atoms with van der Waals surface area (Å²) < 4.78 is 1.13. The Morgan fingerprint density at radius 1 is 0.900 bits per heavy atom. The molecule has 1 saturated heterocycles. The standard InChI is InChI=1S/C24H25IN2O3/c25-13-3-5-14(6-4-13)26-22(28)12-1-7-15(8-2-12)27-23(29)20-16-9-10-17(19-11-18(16)19)21(20)24(27)30/h3-6,9-10,12,15-21H,1-2,7-8,11H2,(H,26,28)/t12?,15?,16-,17+,18-,19-,20+,21-/m1/s1. The fourth-order valence-electron chi connectivity index (χ4n) is 6.71. The number of carbonyl (C=O) groups excluding carboxylic acids is 3. The van der Waals surface area contributed by atoms with Gasteiger partial charge in [0.2, 0.25) is 17.7 Å². The Morgan fingerprint density at radius 2 is 1.47 bits per heavy atom. The molecule has 0 unspecified atom stereocenters. The monoisotopic (exact) mass is 516 g/mol. The lowest BCUT2D eigenvalue weighted by molar-refractivity contribution is -0.144. The van der Waals surface area contributed by atoms with Crippen molar-refractivity contribution in [3.05, 3.63) is 40.0 Å². The molecule has 1 aromatic carbocycles. The van der Waals surface area contributed by atoms with Gasteiger partial charge >= 0.3 is 0 Å². The number of nitrogens with one attached hydrogen (secondary N) is 1. The smallest absolute Gasteiger partial charge is 0.233 e. The first-order chi connectivity index (χ1) is 14.5. The zero-order valence-corrected chi connectivity index (χ0v) is 18.8. The molecule has 1 aromatic rings. The number of rotatable bonds is 3. The van der Waals surface area contributed by atoms with E-state index >= 15 is 0 Å². The van der Waals surface area contributed by atoms with Crippen LogP contribution >= 0.6 is 22.6 Å². The lowest BCUT2D eigenvalue weighted by Gasteiger charge is -2.37. The van der Waals surface area contributed by atoms with Gasteiger partial charge in [-0.2, -0.15) is 0 Å². The van der Waals surface area contributed by atoms with E-state index in [1.165, 1.54) is 6.42 Å². The maximum atomic E-state index is 13.3. The van der Waals surface area contributed by atoms with Gasteiger partial charge in [0.15, 0.2) is 0 Å². The van der Waals surface area contributed by atoms with Crippen LogP contribution in [0, 0.1) is 45.0 Å². The van der Waals surface area contributed by atoms with Crippen LogP contribution in [0.1, 0.15) is 32.1 Å². The third-order valence-corrected chi connectivity index (χ3v) is 8.96. The van der Waals surface area contributed by atoms with Gasteiger partial charge in [-0.05, 0) is 103 Å². The zero-order chi connectivity index (χ0) is 20.6. The Hall–Kier alpha value is -1.70. The van der Waals surface area contributed by atoms with Crippen molar-refractivity contribution < 1.29 is 14.4 Å². The first-order valence-electron chi connectivity index (χ1n) is 11.1. The molecule has 6 heteroatoms. The summed E-state index contributed by atoms with van der Waals surface area (Å²) in [5.74, 6) is 1.74. The maximum absolute atomic E-state index is 13.3. The van der Waals surface area contributed by atoms with Gasteiger partial charge in [-0.25, -0.2) is 0 Å². The van der Waals surface area contributed by atoms with Crippen LogP contribution < -0.4 is 5.32 Å². The highest BCUT2D eigenvalue weighted by Crippen LogP contribution is 2.65. The second kappa shape index (κ2) is 6.90. The summed E-state index contributed by atoms with van der Waals surface area (Å²) in [6, 6.07) is 7.75. The Kier molecular flexibility index (Phi) is 4.38. The first-order valence-corrected chi connectivity index (χ1v) is 12.2. The Morgan fingerprint density at radius 3 is 2.03 bits per heavy atom. The highest BCUT2D eigenvalue weighted by molar-refractivity contribution is 14.1. The van der Waals surface area contributed by atoms with Gasteiger partial charge in [0.25, 0.3) is 0 Å². The second-order valence-corrected chi connectivity index (χ2v) is 10.9. The van der Waals surface area contributed by atoms with E-state index in [2.05, 4.69) is 40.1 Å². The van der Waals surface area contributed by atoms with Crippen LogP contribution in [0.2, 0.25) is 0 Å².